The van der Waals surface area contributed by atoms with E-state index >= 15 is 0 Å². The zero-order chi connectivity index (χ0) is 17.7. The van der Waals surface area contributed by atoms with Crippen LogP contribution in [0.2, 0.25) is 0 Å². The minimum absolute atomic E-state index is 0. The first-order valence-electron chi connectivity index (χ1n) is 8.38. The molecule has 4 heterocycles. The maximum absolute atomic E-state index is 11.9. The zero-order valence-electron chi connectivity index (χ0n) is 14.1. The van der Waals surface area contributed by atoms with Gasteiger partial charge in [-0.15, -0.1) is 12.4 Å². The Hall–Kier alpha value is -2.96. The number of rotatable bonds is 3. The van der Waals surface area contributed by atoms with Gasteiger partial charge < -0.3 is 18.9 Å². The summed E-state index contributed by atoms with van der Waals surface area (Å²) in [5.74, 6) is 0.237. The standard InChI is InChI=1S/C20H16N2O4.ClH/c23-19(24)15-11-13-12-5-1-2-6-14(12)21-18(13)20(22-15,16-7-3-9-25-16)17-8-4-10-26-17;/h1-10,15,21-22H,11H2,(H,23,24);1H. The number of halogens is 1. The van der Waals surface area contributed by atoms with E-state index in [0.29, 0.717) is 17.9 Å². The van der Waals surface area contributed by atoms with Crippen LogP contribution in [-0.4, -0.2) is 22.1 Å². The molecule has 0 saturated carbocycles. The lowest BCUT2D eigenvalue weighted by Gasteiger charge is -2.38. The highest BCUT2D eigenvalue weighted by atomic mass is 35.5. The van der Waals surface area contributed by atoms with Crippen molar-refractivity contribution in [2.45, 2.75) is 18.0 Å². The summed E-state index contributed by atoms with van der Waals surface area (Å²) in [6.45, 7) is 0. The van der Waals surface area contributed by atoms with Crippen LogP contribution in [0, 0.1) is 0 Å². The van der Waals surface area contributed by atoms with Crippen LogP contribution >= 0.6 is 12.4 Å². The molecule has 1 aromatic carbocycles. The number of nitrogens with one attached hydrogen (secondary N) is 2. The molecule has 0 bridgehead atoms. The van der Waals surface area contributed by atoms with Crippen molar-refractivity contribution in [1.82, 2.24) is 10.3 Å². The predicted octanol–water partition coefficient (Wildman–Crippen LogP) is 3.67. The van der Waals surface area contributed by atoms with Crippen LogP contribution < -0.4 is 5.32 Å². The first-order chi connectivity index (χ1) is 12.7. The molecule has 3 aromatic heterocycles. The maximum Gasteiger partial charge on any atom is 0.321 e. The van der Waals surface area contributed by atoms with Crippen LogP contribution in [-0.2, 0) is 16.8 Å². The quantitative estimate of drug-likeness (QED) is 0.501. The first kappa shape index (κ1) is 17.5. The van der Waals surface area contributed by atoms with Crippen LogP contribution in [0.3, 0.4) is 0 Å². The van der Waals surface area contributed by atoms with Crippen LogP contribution in [0.5, 0.6) is 0 Å². The molecule has 5 rings (SSSR count). The monoisotopic (exact) mass is 384 g/mol. The van der Waals surface area contributed by atoms with Gasteiger partial charge in [0.25, 0.3) is 0 Å². The van der Waals surface area contributed by atoms with Gasteiger partial charge in [0.2, 0.25) is 0 Å². The fourth-order valence-corrected chi connectivity index (χ4v) is 3.96. The summed E-state index contributed by atoms with van der Waals surface area (Å²) in [6, 6.07) is 14.3. The van der Waals surface area contributed by atoms with E-state index in [-0.39, 0.29) is 12.4 Å². The second-order valence-corrected chi connectivity index (χ2v) is 6.47. The van der Waals surface area contributed by atoms with Crippen molar-refractivity contribution in [3.8, 4) is 0 Å². The second kappa shape index (κ2) is 6.33. The number of carboxylic acids is 1. The zero-order valence-corrected chi connectivity index (χ0v) is 15.0. The summed E-state index contributed by atoms with van der Waals surface area (Å²) in [7, 11) is 0. The van der Waals surface area contributed by atoms with Gasteiger partial charge in [0.1, 0.15) is 17.6 Å². The van der Waals surface area contributed by atoms with Gasteiger partial charge in [0.05, 0.1) is 18.2 Å². The number of hydrogen-bond acceptors (Lipinski definition) is 4. The van der Waals surface area contributed by atoms with Crippen molar-refractivity contribution in [3.63, 3.8) is 0 Å². The van der Waals surface area contributed by atoms with E-state index in [1.54, 1.807) is 24.7 Å². The van der Waals surface area contributed by atoms with E-state index in [2.05, 4.69) is 10.3 Å². The molecule has 0 spiro atoms. The van der Waals surface area contributed by atoms with Gasteiger partial charge in [-0.25, -0.2) is 0 Å². The van der Waals surface area contributed by atoms with E-state index in [1.807, 2.05) is 36.4 Å². The number of furan rings is 2. The molecular weight excluding hydrogens is 368 g/mol. The molecular formula is C20H17ClN2O4. The summed E-state index contributed by atoms with van der Waals surface area (Å²) in [4.78, 5) is 15.4. The van der Waals surface area contributed by atoms with E-state index in [4.69, 9.17) is 8.83 Å². The van der Waals surface area contributed by atoms with Gasteiger partial charge in [-0.05, 0) is 35.9 Å². The Morgan fingerprint density at radius 1 is 1.04 bits per heavy atom. The molecule has 27 heavy (non-hydrogen) atoms. The van der Waals surface area contributed by atoms with E-state index in [1.165, 1.54) is 0 Å². The molecule has 1 aliphatic rings. The number of hydrogen-bond donors (Lipinski definition) is 3. The molecule has 0 amide bonds. The van der Waals surface area contributed by atoms with Gasteiger partial charge in [0.15, 0.2) is 5.54 Å². The SMILES string of the molecule is Cl.O=C(O)C1Cc2c([nH]c3ccccc23)C(c2ccco2)(c2ccco2)N1. The molecule has 138 valence electrons. The smallest absolute Gasteiger partial charge is 0.321 e. The average molecular weight is 385 g/mol. The van der Waals surface area contributed by atoms with Crippen molar-refractivity contribution in [2.24, 2.45) is 0 Å². The first-order valence-corrected chi connectivity index (χ1v) is 8.38. The largest absolute Gasteiger partial charge is 0.480 e. The van der Waals surface area contributed by atoms with Gasteiger partial charge in [-0.1, -0.05) is 18.2 Å². The molecule has 0 radical (unpaired) electrons. The highest BCUT2D eigenvalue weighted by molar-refractivity contribution is 5.88. The third kappa shape index (κ3) is 2.41. The number of aromatic nitrogens is 1. The molecule has 0 fully saturated rings. The maximum atomic E-state index is 11.9. The number of aliphatic carboxylic acids is 1. The number of benzene rings is 1. The second-order valence-electron chi connectivity index (χ2n) is 6.47. The molecule has 0 saturated heterocycles. The summed E-state index contributed by atoms with van der Waals surface area (Å²) in [6.07, 6.45) is 3.53. The van der Waals surface area contributed by atoms with Crippen LogP contribution in [0.25, 0.3) is 10.9 Å². The molecule has 7 heteroatoms. The Bertz CT molecular complexity index is 1050. The third-order valence-corrected chi connectivity index (χ3v) is 5.07. The number of para-hydroxylation sites is 1. The fourth-order valence-electron chi connectivity index (χ4n) is 3.96. The van der Waals surface area contributed by atoms with E-state index in [0.717, 1.165) is 22.2 Å². The predicted molar refractivity (Wildman–Crippen MR) is 101 cm³/mol. The number of carbonyl (C=O) groups is 1. The molecule has 1 unspecified atom stereocenters. The summed E-state index contributed by atoms with van der Waals surface area (Å²) in [5, 5.41) is 14.0. The van der Waals surface area contributed by atoms with Crippen LogP contribution in [0.1, 0.15) is 22.8 Å². The van der Waals surface area contributed by atoms with Crippen molar-refractivity contribution >= 4 is 29.3 Å². The van der Waals surface area contributed by atoms with Crippen molar-refractivity contribution in [1.29, 1.82) is 0 Å². The molecule has 1 aliphatic heterocycles. The molecule has 0 aliphatic carbocycles. The Kier molecular flexibility index (Phi) is 4.09. The Morgan fingerprint density at radius 2 is 1.70 bits per heavy atom. The number of aromatic amines is 1. The van der Waals surface area contributed by atoms with Gasteiger partial charge in [-0.2, -0.15) is 0 Å². The average Bonchev–Trinajstić information content (AvgIpc) is 3.40. The Morgan fingerprint density at radius 3 is 2.30 bits per heavy atom. The lowest BCUT2D eigenvalue weighted by atomic mass is 9.80. The highest BCUT2D eigenvalue weighted by Crippen LogP contribution is 2.44. The summed E-state index contributed by atoms with van der Waals surface area (Å²) >= 11 is 0. The van der Waals surface area contributed by atoms with Crippen molar-refractivity contribution < 1.29 is 18.7 Å². The summed E-state index contributed by atoms with van der Waals surface area (Å²) in [5.41, 5.74) is 1.72. The van der Waals surface area contributed by atoms with E-state index < -0.39 is 17.6 Å². The number of fused-ring (bicyclic) bond motifs is 3. The number of carboxylic acid groups (broad SMARTS) is 1. The minimum atomic E-state index is -1.04. The van der Waals surface area contributed by atoms with Crippen molar-refractivity contribution in [3.05, 3.63) is 83.8 Å². The summed E-state index contributed by atoms with van der Waals surface area (Å²) < 4.78 is 11.5. The molecule has 1 atom stereocenters. The van der Waals surface area contributed by atoms with Gasteiger partial charge in [-0.3, -0.25) is 10.1 Å². The molecule has 3 N–H and O–H groups in total. The van der Waals surface area contributed by atoms with Gasteiger partial charge >= 0.3 is 5.97 Å². The Labute approximate surface area is 160 Å². The Balaban J connectivity index is 0.00000180. The minimum Gasteiger partial charge on any atom is -0.480 e. The van der Waals surface area contributed by atoms with Gasteiger partial charge in [0, 0.05) is 17.3 Å². The van der Waals surface area contributed by atoms with E-state index in [9.17, 15) is 9.90 Å². The fraction of sp³-hybridized carbons (Fsp3) is 0.150. The van der Waals surface area contributed by atoms with Crippen LogP contribution in [0.15, 0.2) is 69.9 Å². The van der Waals surface area contributed by atoms with Crippen LogP contribution in [0.4, 0.5) is 0 Å². The molecule has 6 nitrogen and oxygen atoms in total. The molecule has 4 aromatic rings. The normalized spacial score (nSPS) is 18.0. The topological polar surface area (TPSA) is 91.4 Å². The third-order valence-electron chi connectivity index (χ3n) is 5.07. The lowest BCUT2D eigenvalue weighted by molar-refractivity contribution is -0.140. The number of H-pyrrole nitrogens is 1. The van der Waals surface area contributed by atoms with Crippen molar-refractivity contribution in [2.75, 3.05) is 0 Å². The highest BCUT2D eigenvalue weighted by Gasteiger charge is 2.50. The lowest BCUT2D eigenvalue weighted by Crippen LogP contribution is -2.56.